The second-order valence-electron chi connectivity index (χ2n) is 4.42. The Hall–Kier alpha value is -1.61. The van der Waals surface area contributed by atoms with Crippen LogP contribution in [-0.2, 0) is 0 Å². The van der Waals surface area contributed by atoms with Crippen LogP contribution >= 0.6 is 0 Å². The van der Waals surface area contributed by atoms with Crippen molar-refractivity contribution < 1.29 is 4.74 Å². The summed E-state index contributed by atoms with van der Waals surface area (Å²) in [5.74, 6) is 0.761. The Kier molecular flexibility index (Phi) is 2.92. The van der Waals surface area contributed by atoms with Gasteiger partial charge in [-0.2, -0.15) is 0 Å². The van der Waals surface area contributed by atoms with E-state index >= 15 is 0 Å². The molecule has 0 radical (unpaired) electrons. The molecule has 3 heteroatoms. The molecule has 0 amide bonds. The summed E-state index contributed by atoms with van der Waals surface area (Å²) in [4.78, 5) is 4.35. The van der Waals surface area contributed by atoms with Crippen LogP contribution in [0.15, 0.2) is 36.5 Å². The molecule has 2 heterocycles. The van der Waals surface area contributed by atoms with Gasteiger partial charge in [0.1, 0.15) is 6.10 Å². The number of fused-ring (bicyclic) bond motifs is 1. The summed E-state index contributed by atoms with van der Waals surface area (Å²) >= 11 is 0. The molecule has 1 aromatic heterocycles. The number of rotatable bonds is 2. The van der Waals surface area contributed by atoms with Gasteiger partial charge in [0.05, 0.1) is 0 Å². The number of ether oxygens (including phenoxy) is 1. The van der Waals surface area contributed by atoms with Crippen molar-refractivity contribution in [2.24, 2.45) is 0 Å². The topological polar surface area (TPSA) is 34.1 Å². The molecule has 1 saturated heterocycles. The quantitative estimate of drug-likeness (QED) is 0.856. The third kappa shape index (κ3) is 2.24. The molecule has 2 aromatic rings. The SMILES string of the molecule is c1ccc2c(OC3CCCNC3)nccc2c1. The molecule has 1 unspecified atom stereocenters. The Morgan fingerprint density at radius 3 is 3.06 bits per heavy atom. The van der Waals surface area contributed by atoms with Gasteiger partial charge in [-0.25, -0.2) is 4.98 Å². The molecule has 17 heavy (non-hydrogen) atoms. The van der Waals surface area contributed by atoms with E-state index in [0.717, 1.165) is 30.8 Å². The number of hydrogen-bond donors (Lipinski definition) is 1. The number of pyridine rings is 1. The number of piperidine rings is 1. The van der Waals surface area contributed by atoms with Crippen LogP contribution in [0, 0.1) is 0 Å². The molecule has 1 aliphatic rings. The monoisotopic (exact) mass is 228 g/mol. The van der Waals surface area contributed by atoms with Crippen LogP contribution < -0.4 is 10.1 Å². The van der Waals surface area contributed by atoms with Gasteiger partial charge in [-0.15, -0.1) is 0 Å². The molecule has 3 rings (SSSR count). The minimum absolute atomic E-state index is 0.252. The maximum absolute atomic E-state index is 5.99. The van der Waals surface area contributed by atoms with Gasteiger partial charge >= 0.3 is 0 Å². The predicted octanol–water partition coefficient (Wildman–Crippen LogP) is 2.37. The average molecular weight is 228 g/mol. The van der Waals surface area contributed by atoms with Gasteiger partial charge in [-0.3, -0.25) is 0 Å². The normalized spacial score (nSPS) is 20.4. The zero-order valence-corrected chi connectivity index (χ0v) is 9.73. The van der Waals surface area contributed by atoms with Crippen LogP contribution in [0.25, 0.3) is 10.8 Å². The average Bonchev–Trinajstić information content (AvgIpc) is 2.40. The first kappa shape index (κ1) is 10.5. The zero-order chi connectivity index (χ0) is 11.5. The van der Waals surface area contributed by atoms with E-state index in [1.54, 1.807) is 0 Å². The van der Waals surface area contributed by atoms with Crippen molar-refractivity contribution in [1.29, 1.82) is 0 Å². The Balaban J connectivity index is 1.89. The second-order valence-corrected chi connectivity index (χ2v) is 4.42. The number of benzene rings is 1. The van der Waals surface area contributed by atoms with Gasteiger partial charge in [0.2, 0.25) is 5.88 Å². The second kappa shape index (κ2) is 4.72. The highest BCUT2D eigenvalue weighted by molar-refractivity contribution is 5.86. The molecular formula is C14H16N2O. The summed E-state index contributed by atoms with van der Waals surface area (Å²) < 4.78 is 5.99. The van der Waals surface area contributed by atoms with E-state index in [2.05, 4.69) is 22.4 Å². The van der Waals surface area contributed by atoms with E-state index in [9.17, 15) is 0 Å². The highest BCUT2D eigenvalue weighted by Gasteiger charge is 2.15. The molecule has 1 fully saturated rings. The lowest BCUT2D eigenvalue weighted by Crippen LogP contribution is -2.37. The van der Waals surface area contributed by atoms with E-state index in [1.165, 1.54) is 11.8 Å². The largest absolute Gasteiger partial charge is 0.473 e. The van der Waals surface area contributed by atoms with Gasteiger partial charge < -0.3 is 10.1 Å². The van der Waals surface area contributed by atoms with Gasteiger partial charge in [0.15, 0.2) is 0 Å². The standard InChI is InChI=1S/C14H16N2O/c1-2-6-13-11(4-1)7-9-16-14(13)17-12-5-3-8-15-10-12/h1-2,4,6-7,9,12,15H,3,5,8,10H2. The summed E-state index contributed by atoms with van der Waals surface area (Å²) in [6.45, 7) is 2.02. The molecule has 0 saturated carbocycles. The van der Waals surface area contributed by atoms with Crippen LogP contribution in [0.1, 0.15) is 12.8 Å². The van der Waals surface area contributed by atoms with Gasteiger partial charge in [-0.05, 0) is 36.9 Å². The van der Waals surface area contributed by atoms with E-state index < -0.39 is 0 Å². The first-order chi connectivity index (χ1) is 8.43. The Morgan fingerprint density at radius 2 is 2.18 bits per heavy atom. The first-order valence-corrected chi connectivity index (χ1v) is 6.14. The Morgan fingerprint density at radius 1 is 1.24 bits per heavy atom. The third-order valence-electron chi connectivity index (χ3n) is 3.17. The highest BCUT2D eigenvalue weighted by Crippen LogP contribution is 2.24. The summed E-state index contributed by atoms with van der Waals surface area (Å²) in [7, 11) is 0. The maximum Gasteiger partial charge on any atom is 0.221 e. The van der Waals surface area contributed by atoms with Crippen molar-refractivity contribution in [2.75, 3.05) is 13.1 Å². The minimum atomic E-state index is 0.252. The lowest BCUT2D eigenvalue weighted by molar-refractivity contribution is 0.163. The van der Waals surface area contributed by atoms with Crippen molar-refractivity contribution in [1.82, 2.24) is 10.3 Å². The fourth-order valence-electron chi connectivity index (χ4n) is 2.26. The van der Waals surface area contributed by atoms with Crippen LogP contribution in [0.4, 0.5) is 0 Å². The van der Waals surface area contributed by atoms with Crippen molar-refractivity contribution in [3.8, 4) is 5.88 Å². The molecule has 1 aliphatic heterocycles. The van der Waals surface area contributed by atoms with Crippen molar-refractivity contribution in [2.45, 2.75) is 18.9 Å². The fourth-order valence-corrected chi connectivity index (χ4v) is 2.26. The van der Waals surface area contributed by atoms with E-state index in [-0.39, 0.29) is 6.10 Å². The molecular weight excluding hydrogens is 212 g/mol. The molecule has 0 bridgehead atoms. The lowest BCUT2D eigenvalue weighted by atomic mass is 10.1. The molecule has 3 nitrogen and oxygen atoms in total. The van der Waals surface area contributed by atoms with Gasteiger partial charge in [0.25, 0.3) is 0 Å². The fraction of sp³-hybridized carbons (Fsp3) is 0.357. The number of nitrogens with one attached hydrogen (secondary N) is 1. The molecule has 88 valence electrons. The molecule has 1 aromatic carbocycles. The summed E-state index contributed by atoms with van der Waals surface area (Å²) in [6, 6.07) is 10.2. The zero-order valence-electron chi connectivity index (χ0n) is 9.73. The smallest absolute Gasteiger partial charge is 0.221 e. The van der Waals surface area contributed by atoms with Crippen molar-refractivity contribution >= 4 is 10.8 Å². The van der Waals surface area contributed by atoms with Crippen LogP contribution in [0.3, 0.4) is 0 Å². The molecule has 0 spiro atoms. The number of aromatic nitrogens is 1. The molecule has 0 aliphatic carbocycles. The minimum Gasteiger partial charge on any atom is -0.473 e. The third-order valence-corrected chi connectivity index (χ3v) is 3.17. The van der Waals surface area contributed by atoms with Crippen LogP contribution in [-0.4, -0.2) is 24.2 Å². The van der Waals surface area contributed by atoms with Crippen molar-refractivity contribution in [3.05, 3.63) is 36.5 Å². The van der Waals surface area contributed by atoms with Gasteiger partial charge in [0, 0.05) is 18.1 Å². The lowest BCUT2D eigenvalue weighted by Gasteiger charge is -2.23. The van der Waals surface area contributed by atoms with Crippen LogP contribution in [0.5, 0.6) is 5.88 Å². The highest BCUT2D eigenvalue weighted by atomic mass is 16.5. The first-order valence-electron chi connectivity index (χ1n) is 6.14. The predicted molar refractivity (Wildman–Crippen MR) is 68.3 cm³/mol. The molecule has 1 atom stereocenters. The maximum atomic E-state index is 5.99. The van der Waals surface area contributed by atoms with Crippen molar-refractivity contribution in [3.63, 3.8) is 0 Å². The van der Waals surface area contributed by atoms with E-state index in [1.807, 2.05) is 24.4 Å². The Bertz CT molecular complexity index is 501. The number of nitrogens with zero attached hydrogens (tertiary/aromatic N) is 1. The van der Waals surface area contributed by atoms with Crippen LogP contribution in [0.2, 0.25) is 0 Å². The Labute approximate surface area is 101 Å². The van der Waals surface area contributed by atoms with E-state index in [4.69, 9.17) is 4.74 Å². The summed E-state index contributed by atoms with van der Waals surface area (Å²) in [5, 5.41) is 5.63. The van der Waals surface area contributed by atoms with E-state index in [0.29, 0.717) is 0 Å². The summed E-state index contributed by atoms with van der Waals surface area (Å²) in [5.41, 5.74) is 0. The van der Waals surface area contributed by atoms with Gasteiger partial charge in [-0.1, -0.05) is 18.2 Å². The summed E-state index contributed by atoms with van der Waals surface area (Å²) in [6.07, 6.45) is 4.35. The molecule has 1 N–H and O–H groups in total. The number of hydrogen-bond acceptors (Lipinski definition) is 3.